The molecule has 0 saturated carbocycles. The number of benzene rings is 1. The Balaban J connectivity index is 1.75. The van der Waals surface area contributed by atoms with Gasteiger partial charge in [0.25, 0.3) is 5.56 Å². The Morgan fingerprint density at radius 1 is 1.15 bits per heavy atom. The number of nitrogens with one attached hydrogen (secondary N) is 1. The summed E-state index contributed by atoms with van der Waals surface area (Å²) in [5, 5.41) is 5.61. The molecule has 1 aromatic heterocycles. The molecular weight excluding hydrogens is 371 g/mol. The van der Waals surface area contributed by atoms with E-state index in [2.05, 4.69) is 17.5 Å². The van der Waals surface area contributed by atoms with Crippen LogP contribution in [0.3, 0.4) is 0 Å². The number of fused-ring (bicyclic) bond motifs is 2. The summed E-state index contributed by atoms with van der Waals surface area (Å²) in [7, 11) is 0. The molecule has 7 heteroatoms. The first-order valence-corrected chi connectivity index (χ1v) is 9.72. The van der Waals surface area contributed by atoms with Gasteiger partial charge in [-0.1, -0.05) is 23.2 Å². The second-order valence-electron chi connectivity index (χ2n) is 6.96. The quantitative estimate of drug-likeness (QED) is 0.762. The van der Waals surface area contributed by atoms with Gasteiger partial charge in [0.1, 0.15) is 5.71 Å². The summed E-state index contributed by atoms with van der Waals surface area (Å²) in [4.78, 5) is 17.8. The van der Waals surface area contributed by atoms with Crippen molar-refractivity contribution in [2.75, 3.05) is 5.43 Å². The van der Waals surface area contributed by atoms with E-state index in [4.69, 9.17) is 28.2 Å². The Labute approximate surface area is 162 Å². The lowest BCUT2D eigenvalue weighted by atomic mass is 9.95. The summed E-state index contributed by atoms with van der Waals surface area (Å²) in [6.07, 6.45) is 5.50. The van der Waals surface area contributed by atoms with Crippen molar-refractivity contribution in [3.63, 3.8) is 0 Å². The van der Waals surface area contributed by atoms with Gasteiger partial charge in [-0.3, -0.25) is 14.8 Å². The van der Waals surface area contributed by atoms with Crippen LogP contribution >= 0.6 is 23.2 Å². The van der Waals surface area contributed by atoms with Crippen molar-refractivity contribution in [3.05, 3.63) is 55.7 Å². The lowest BCUT2D eigenvalue weighted by Gasteiger charge is -2.28. The van der Waals surface area contributed by atoms with Gasteiger partial charge in [-0.2, -0.15) is 5.10 Å². The summed E-state index contributed by atoms with van der Waals surface area (Å²) < 4.78 is 1.82. The maximum Gasteiger partial charge on any atom is 0.257 e. The van der Waals surface area contributed by atoms with Crippen molar-refractivity contribution in [1.82, 2.24) is 9.55 Å². The molecule has 5 nitrogen and oxygen atoms in total. The molecule has 0 amide bonds. The highest BCUT2D eigenvalue weighted by Gasteiger charge is 2.28. The summed E-state index contributed by atoms with van der Waals surface area (Å²) >= 11 is 12.1. The molecule has 2 heterocycles. The molecule has 1 aliphatic carbocycles. The first-order chi connectivity index (χ1) is 12.5. The minimum atomic E-state index is 0.107. The van der Waals surface area contributed by atoms with Crippen LogP contribution in [-0.2, 0) is 12.8 Å². The van der Waals surface area contributed by atoms with Gasteiger partial charge < -0.3 is 0 Å². The van der Waals surface area contributed by atoms with Crippen LogP contribution in [0.4, 0.5) is 5.69 Å². The number of hydrazone groups is 1. The van der Waals surface area contributed by atoms with Crippen molar-refractivity contribution in [2.24, 2.45) is 5.10 Å². The number of nitrogens with zero attached hydrogens (tertiary/aromatic N) is 3. The number of aromatic nitrogens is 2. The topological polar surface area (TPSA) is 59.3 Å². The van der Waals surface area contributed by atoms with Gasteiger partial charge in [-0.05, 0) is 63.6 Å². The molecule has 0 radical (unpaired) electrons. The molecule has 0 bridgehead atoms. The van der Waals surface area contributed by atoms with Gasteiger partial charge in [-0.25, -0.2) is 4.98 Å². The molecule has 26 heavy (non-hydrogen) atoms. The Hall–Kier alpha value is -1.85. The van der Waals surface area contributed by atoms with Gasteiger partial charge in [-0.15, -0.1) is 0 Å². The fourth-order valence-electron chi connectivity index (χ4n) is 3.72. The molecule has 1 unspecified atom stereocenters. The van der Waals surface area contributed by atoms with Crippen LogP contribution < -0.4 is 11.0 Å². The molecule has 1 aliphatic heterocycles. The fourth-order valence-corrected chi connectivity index (χ4v) is 4.25. The van der Waals surface area contributed by atoms with E-state index in [1.165, 1.54) is 0 Å². The van der Waals surface area contributed by atoms with Crippen LogP contribution in [0.5, 0.6) is 0 Å². The molecule has 4 rings (SSSR count). The third kappa shape index (κ3) is 3.26. The minimum absolute atomic E-state index is 0.107. The third-order valence-electron chi connectivity index (χ3n) is 5.07. The summed E-state index contributed by atoms with van der Waals surface area (Å²) in [6, 6.07) is 5.33. The standard InChI is InChI=1S/C19H20Cl2N4O/c1-11-6-7-17(24-23-14-9-12(20)8-13(21)10-14)18-22-16-5-3-2-4-15(16)19(26)25(11)18/h8-11,23H,2-7H2,1H3/b24-17+. The number of hydrogen-bond donors (Lipinski definition) is 1. The normalized spacial score (nSPS) is 20.6. The molecular formula is C19H20Cl2N4O. The maximum atomic E-state index is 13.0. The zero-order chi connectivity index (χ0) is 18.3. The molecule has 0 saturated heterocycles. The second kappa shape index (κ2) is 7.05. The van der Waals surface area contributed by atoms with Crippen LogP contribution in [0, 0.1) is 0 Å². The number of halogens is 2. The average Bonchev–Trinajstić information content (AvgIpc) is 2.60. The molecule has 1 atom stereocenters. The monoisotopic (exact) mass is 390 g/mol. The first kappa shape index (κ1) is 17.6. The van der Waals surface area contributed by atoms with E-state index in [1.54, 1.807) is 18.2 Å². The summed E-state index contributed by atoms with van der Waals surface area (Å²) in [5.74, 6) is 0.690. The average molecular weight is 391 g/mol. The highest BCUT2D eigenvalue weighted by atomic mass is 35.5. The molecule has 0 fully saturated rings. The zero-order valence-electron chi connectivity index (χ0n) is 14.6. The van der Waals surface area contributed by atoms with E-state index in [-0.39, 0.29) is 11.6 Å². The number of anilines is 1. The van der Waals surface area contributed by atoms with Crippen molar-refractivity contribution in [2.45, 2.75) is 51.5 Å². The van der Waals surface area contributed by atoms with Gasteiger partial charge in [0.05, 0.1) is 11.4 Å². The third-order valence-corrected chi connectivity index (χ3v) is 5.50. The van der Waals surface area contributed by atoms with E-state index in [0.717, 1.165) is 55.5 Å². The summed E-state index contributed by atoms with van der Waals surface area (Å²) in [6.45, 7) is 2.07. The number of aryl methyl sites for hydroxylation is 1. The Bertz CT molecular complexity index is 931. The Kier molecular flexibility index (Phi) is 4.76. The highest BCUT2D eigenvalue weighted by Crippen LogP contribution is 2.26. The van der Waals surface area contributed by atoms with Crippen LogP contribution in [0.2, 0.25) is 10.0 Å². The molecule has 1 N–H and O–H groups in total. The summed E-state index contributed by atoms with van der Waals surface area (Å²) in [5.41, 5.74) is 6.46. The van der Waals surface area contributed by atoms with Crippen molar-refractivity contribution in [3.8, 4) is 0 Å². The van der Waals surface area contributed by atoms with Crippen molar-refractivity contribution >= 4 is 34.6 Å². The van der Waals surface area contributed by atoms with E-state index >= 15 is 0 Å². The lowest BCUT2D eigenvalue weighted by Crippen LogP contribution is -2.38. The Morgan fingerprint density at radius 3 is 2.65 bits per heavy atom. The highest BCUT2D eigenvalue weighted by molar-refractivity contribution is 6.35. The SMILES string of the molecule is CC1CC/C(=N\Nc2cc(Cl)cc(Cl)c2)c2nc3c(c(=O)n21)CCCC3. The smallest absolute Gasteiger partial charge is 0.257 e. The second-order valence-corrected chi connectivity index (χ2v) is 7.83. The fraction of sp³-hybridized carbons (Fsp3) is 0.421. The molecule has 136 valence electrons. The van der Waals surface area contributed by atoms with Gasteiger partial charge >= 0.3 is 0 Å². The molecule has 0 spiro atoms. The van der Waals surface area contributed by atoms with Crippen LogP contribution in [0.25, 0.3) is 0 Å². The molecule has 1 aromatic carbocycles. The van der Waals surface area contributed by atoms with Crippen LogP contribution in [0.15, 0.2) is 28.1 Å². The van der Waals surface area contributed by atoms with Gasteiger partial charge in [0, 0.05) is 21.7 Å². The van der Waals surface area contributed by atoms with Gasteiger partial charge in [0.15, 0.2) is 5.82 Å². The predicted octanol–water partition coefficient (Wildman–Crippen LogP) is 4.60. The lowest BCUT2D eigenvalue weighted by molar-refractivity contribution is 0.460. The Morgan fingerprint density at radius 2 is 1.88 bits per heavy atom. The van der Waals surface area contributed by atoms with Crippen molar-refractivity contribution in [1.29, 1.82) is 0 Å². The van der Waals surface area contributed by atoms with Crippen molar-refractivity contribution < 1.29 is 0 Å². The number of rotatable bonds is 2. The first-order valence-electron chi connectivity index (χ1n) is 8.96. The molecule has 2 aromatic rings. The van der Waals surface area contributed by atoms with Crippen LogP contribution in [0.1, 0.15) is 55.7 Å². The van der Waals surface area contributed by atoms with E-state index < -0.39 is 0 Å². The van der Waals surface area contributed by atoms with E-state index in [9.17, 15) is 4.79 Å². The van der Waals surface area contributed by atoms with E-state index in [0.29, 0.717) is 21.6 Å². The number of hydrogen-bond acceptors (Lipinski definition) is 4. The van der Waals surface area contributed by atoms with E-state index in [1.807, 2.05) is 4.57 Å². The predicted molar refractivity (Wildman–Crippen MR) is 106 cm³/mol. The largest absolute Gasteiger partial charge is 0.288 e. The minimum Gasteiger partial charge on any atom is -0.288 e. The van der Waals surface area contributed by atoms with Gasteiger partial charge in [0.2, 0.25) is 0 Å². The molecule has 2 aliphatic rings. The maximum absolute atomic E-state index is 13.0. The zero-order valence-corrected chi connectivity index (χ0v) is 16.1. The van der Waals surface area contributed by atoms with Crippen LogP contribution in [-0.4, -0.2) is 15.3 Å².